The standard InChI is InChI=1S/C14H20BrN/c1-4-9-16-14(10-11(2)3)12-5-7-13(15)8-6-12/h5-8,10,14,16H,4,9H2,1-3H3. The van der Waals surface area contributed by atoms with Gasteiger partial charge in [0.1, 0.15) is 0 Å². The number of hydrogen-bond donors (Lipinski definition) is 1. The highest BCUT2D eigenvalue weighted by Crippen LogP contribution is 2.19. The molecule has 1 unspecified atom stereocenters. The predicted molar refractivity (Wildman–Crippen MR) is 74.6 cm³/mol. The van der Waals surface area contributed by atoms with Crippen molar-refractivity contribution in [1.82, 2.24) is 5.32 Å². The number of benzene rings is 1. The van der Waals surface area contributed by atoms with Gasteiger partial charge >= 0.3 is 0 Å². The van der Waals surface area contributed by atoms with Crippen LogP contribution in [0.4, 0.5) is 0 Å². The zero-order chi connectivity index (χ0) is 12.0. The van der Waals surface area contributed by atoms with Gasteiger partial charge in [-0.3, -0.25) is 0 Å². The summed E-state index contributed by atoms with van der Waals surface area (Å²) in [6.07, 6.45) is 3.43. The fraction of sp³-hybridized carbons (Fsp3) is 0.429. The maximum absolute atomic E-state index is 3.54. The molecule has 0 saturated heterocycles. The van der Waals surface area contributed by atoms with E-state index in [1.54, 1.807) is 0 Å². The summed E-state index contributed by atoms with van der Waals surface area (Å²) in [5.41, 5.74) is 2.66. The minimum Gasteiger partial charge on any atom is -0.307 e. The third-order valence-electron chi connectivity index (χ3n) is 2.34. The van der Waals surface area contributed by atoms with Crippen LogP contribution >= 0.6 is 15.9 Å². The maximum Gasteiger partial charge on any atom is 0.0508 e. The summed E-state index contributed by atoms with van der Waals surface area (Å²) < 4.78 is 1.13. The molecule has 1 aromatic rings. The molecule has 0 amide bonds. The van der Waals surface area contributed by atoms with Crippen molar-refractivity contribution in [2.24, 2.45) is 0 Å². The van der Waals surface area contributed by atoms with Crippen LogP contribution in [-0.2, 0) is 0 Å². The van der Waals surface area contributed by atoms with Crippen LogP contribution < -0.4 is 5.32 Å². The zero-order valence-corrected chi connectivity index (χ0v) is 11.8. The number of allylic oxidation sites excluding steroid dienone is 1. The molecule has 1 aromatic carbocycles. The van der Waals surface area contributed by atoms with Crippen LogP contribution in [0.15, 0.2) is 40.4 Å². The van der Waals surface area contributed by atoms with Crippen molar-refractivity contribution in [3.05, 3.63) is 46.0 Å². The van der Waals surface area contributed by atoms with E-state index in [0.29, 0.717) is 6.04 Å². The summed E-state index contributed by atoms with van der Waals surface area (Å²) in [5.74, 6) is 0. The fourth-order valence-electron chi connectivity index (χ4n) is 1.58. The molecule has 0 saturated carbocycles. The third kappa shape index (κ3) is 4.50. The van der Waals surface area contributed by atoms with Gasteiger partial charge in [-0.25, -0.2) is 0 Å². The van der Waals surface area contributed by atoms with Gasteiger partial charge in [0.05, 0.1) is 6.04 Å². The highest BCUT2D eigenvalue weighted by atomic mass is 79.9. The summed E-state index contributed by atoms with van der Waals surface area (Å²) in [5, 5.41) is 3.54. The highest BCUT2D eigenvalue weighted by molar-refractivity contribution is 9.10. The van der Waals surface area contributed by atoms with Crippen LogP contribution in [-0.4, -0.2) is 6.54 Å². The van der Waals surface area contributed by atoms with E-state index in [9.17, 15) is 0 Å². The first kappa shape index (κ1) is 13.5. The van der Waals surface area contributed by atoms with Gasteiger partial charge in [-0.1, -0.05) is 46.6 Å². The van der Waals surface area contributed by atoms with Crippen LogP contribution in [0.25, 0.3) is 0 Å². The van der Waals surface area contributed by atoms with Gasteiger partial charge in [0.15, 0.2) is 0 Å². The van der Waals surface area contributed by atoms with Crippen LogP contribution in [0.5, 0.6) is 0 Å². The summed E-state index contributed by atoms with van der Waals surface area (Å²) in [7, 11) is 0. The van der Waals surface area contributed by atoms with Crippen molar-refractivity contribution in [2.75, 3.05) is 6.54 Å². The van der Waals surface area contributed by atoms with Gasteiger partial charge in [0.2, 0.25) is 0 Å². The first-order valence-corrected chi connectivity index (χ1v) is 6.56. The SMILES string of the molecule is CCCNC(C=C(C)C)c1ccc(Br)cc1. The normalized spacial score (nSPS) is 12.2. The second kappa shape index (κ2) is 6.87. The van der Waals surface area contributed by atoms with Crippen LogP contribution in [0, 0.1) is 0 Å². The van der Waals surface area contributed by atoms with Crippen molar-refractivity contribution in [3.8, 4) is 0 Å². The predicted octanol–water partition coefficient (Wildman–Crippen LogP) is 4.46. The van der Waals surface area contributed by atoms with Gasteiger partial charge in [-0.05, 0) is 44.5 Å². The lowest BCUT2D eigenvalue weighted by Gasteiger charge is -2.16. The van der Waals surface area contributed by atoms with Gasteiger partial charge in [-0.15, -0.1) is 0 Å². The largest absolute Gasteiger partial charge is 0.307 e. The lowest BCUT2D eigenvalue weighted by molar-refractivity contribution is 0.610. The lowest BCUT2D eigenvalue weighted by Crippen LogP contribution is -2.20. The third-order valence-corrected chi connectivity index (χ3v) is 2.87. The molecular weight excluding hydrogens is 262 g/mol. The number of hydrogen-bond acceptors (Lipinski definition) is 1. The molecule has 0 radical (unpaired) electrons. The van der Waals surface area contributed by atoms with E-state index in [2.05, 4.69) is 72.4 Å². The molecule has 0 spiro atoms. The van der Waals surface area contributed by atoms with Crippen molar-refractivity contribution in [2.45, 2.75) is 33.2 Å². The smallest absolute Gasteiger partial charge is 0.0508 e. The van der Waals surface area contributed by atoms with Crippen molar-refractivity contribution < 1.29 is 0 Å². The first-order chi connectivity index (χ1) is 7.63. The Morgan fingerprint density at radius 1 is 1.31 bits per heavy atom. The van der Waals surface area contributed by atoms with E-state index in [1.165, 1.54) is 11.1 Å². The van der Waals surface area contributed by atoms with E-state index in [0.717, 1.165) is 17.4 Å². The topological polar surface area (TPSA) is 12.0 Å². The van der Waals surface area contributed by atoms with Gasteiger partial charge in [0.25, 0.3) is 0 Å². The second-order valence-electron chi connectivity index (χ2n) is 4.23. The quantitative estimate of drug-likeness (QED) is 0.786. The summed E-state index contributed by atoms with van der Waals surface area (Å²) in [6.45, 7) is 7.51. The van der Waals surface area contributed by atoms with E-state index in [1.807, 2.05) is 0 Å². The molecular formula is C14H20BrN. The van der Waals surface area contributed by atoms with E-state index < -0.39 is 0 Å². The summed E-state index contributed by atoms with van der Waals surface area (Å²) >= 11 is 3.46. The van der Waals surface area contributed by atoms with Gasteiger partial charge in [0, 0.05) is 4.47 Å². The molecule has 88 valence electrons. The minimum atomic E-state index is 0.332. The zero-order valence-electron chi connectivity index (χ0n) is 10.3. The Balaban J connectivity index is 2.83. The molecule has 1 atom stereocenters. The molecule has 2 heteroatoms. The monoisotopic (exact) mass is 281 g/mol. The molecule has 0 fully saturated rings. The average Bonchev–Trinajstić information content (AvgIpc) is 2.25. The molecule has 0 heterocycles. The Morgan fingerprint density at radius 3 is 2.44 bits per heavy atom. The molecule has 1 nitrogen and oxygen atoms in total. The molecule has 0 aromatic heterocycles. The Morgan fingerprint density at radius 2 is 1.94 bits per heavy atom. The molecule has 16 heavy (non-hydrogen) atoms. The second-order valence-corrected chi connectivity index (χ2v) is 5.14. The molecule has 0 aliphatic carbocycles. The average molecular weight is 282 g/mol. The summed E-state index contributed by atoms with van der Waals surface area (Å²) in [4.78, 5) is 0. The molecule has 1 N–H and O–H groups in total. The number of rotatable bonds is 5. The van der Waals surface area contributed by atoms with Crippen LogP contribution in [0.1, 0.15) is 38.8 Å². The van der Waals surface area contributed by atoms with Crippen molar-refractivity contribution in [3.63, 3.8) is 0 Å². The first-order valence-electron chi connectivity index (χ1n) is 5.77. The van der Waals surface area contributed by atoms with Crippen molar-refractivity contribution in [1.29, 1.82) is 0 Å². The Hall–Kier alpha value is -0.600. The Kier molecular flexibility index (Phi) is 5.78. The maximum atomic E-state index is 3.54. The van der Waals surface area contributed by atoms with Gasteiger partial charge < -0.3 is 5.32 Å². The number of nitrogens with one attached hydrogen (secondary N) is 1. The molecule has 1 rings (SSSR count). The summed E-state index contributed by atoms with van der Waals surface area (Å²) in [6, 6.07) is 8.84. The van der Waals surface area contributed by atoms with E-state index in [-0.39, 0.29) is 0 Å². The van der Waals surface area contributed by atoms with Crippen LogP contribution in [0.2, 0.25) is 0 Å². The van der Waals surface area contributed by atoms with E-state index in [4.69, 9.17) is 0 Å². The van der Waals surface area contributed by atoms with E-state index >= 15 is 0 Å². The molecule has 0 bridgehead atoms. The minimum absolute atomic E-state index is 0.332. The molecule has 0 aliphatic heterocycles. The van der Waals surface area contributed by atoms with Crippen molar-refractivity contribution >= 4 is 15.9 Å². The molecule has 0 aliphatic rings. The van der Waals surface area contributed by atoms with Crippen LogP contribution in [0.3, 0.4) is 0 Å². The fourth-order valence-corrected chi connectivity index (χ4v) is 1.84. The highest BCUT2D eigenvalue weighted by Gasteiger charge is 2.06. The Labute approximate surface area is 107 Å². The van der Waals surface area contributed by atoms with Gasteiger partial charge in [-0.2, -0.15) is 0 Å². The number of halogens is 1. The Bertz CT molecular complexity index is 336. The lowest BCUT2D eigenvalue weighted by atomic mass is 10.0.